The maximum Gasteiger partial charge on any atom is 0.319 e. The van der Waals surface area contributed by atoms with Crippen molar-refractivity contribution in [2.75, 3.05) is 5.32 Å². The van der Waals surface area contributed by atoms with Gasteiger partial charge in [0.15, 0.2) is 0 Å². The molecule has 2 atom stereocenters. The third kappa shape index (κ3) is 2.99. The lowest BCUT2D eigenvalue weighted by molar-refractivity contribution is -0.141. The third-order valence-electron chi connectivity index (χ3n) is 3.08. The predicted octanol–water partition coefficient (Wildman–Crippen LogP) is 0.795. The first-order chi connectivity index (χ1) is 8.54. The number of anilines is 1. The molecule has 0 aliphatic heterocycles. The molecule has 18 heavy (non-hydrogen) atoms. The van der Waals surface area contributed by atoms with Gasteiger partial charge in [-0.15, -0.1) is 0 Å². The van der Waals surface area contributed by atoms with Crippen molar-refractivity contribution < 1.29 is 14.7 Å². The van der Waals surface area contributed by atoms with E-state index in [0.29, 0.717) is 24.9 Å². The number of carboxylic acids is 1. The van der Waals surface area contributed by atoms with Crippen molar-refractivity contribution in [2.45, 2.75) is 25.3 Å². The van der Waals surface area contributed by atoms with E-state index in [4.69, 9.17) is 5.11 Å². The number of amides is 2. The first-order valence-electron chi connectivity index (χ1n) is 5.83. The molecule has 7 heteroatoms. The summed E-state index contributed by atoms with van der Waals surface area (Å²) in [5.41, 5.74) is 0.614. The van der Waals surface area contributed by atoms with Crippen molar-refractivity contribution in [2.24, 2.45) is 13.0 Å². The van der Waals surface area contributed by atoms with Crippen molar-refractivity contribution >= 4 is 17.7 Å². The monoisotopic (exact) mass is 252 g/mol. The molecule has 2 rings (SSSR count). The first-order valence-corrected chi connectivity index (χ1v) is 5.83. The number of nitrogens with zero attached hydrogens (tertiary/aromatic N) is 2. The fraction of sp³-hybridized carbons (Fsp3) is 0.545. The largest absolute Gasteiger partial charge is 0.481 e. The van der Waals surface area contributed by atoms with Gasteiger partial charge in [-0.05, 0) is 19.3 Å². The maximum absolute atomic E-state index is 11.6. The smallest absolute Gasteiger partial charge is 0.319 e. The van der Waals surface area contributed by atoms with Gasteiger partial charge in [0.2, 0.25) is 0 Å². The second-order valence-corrected chi connectivity index (χ2v) is 4.55. The zero-order chi connectivity index (χ0) is 13.1. The van der Waals surface area contributed by atoms with Gasteiger partial charge in [0.25, 0.3) is 0 Å². The van der Waals surface area contributed by atoms with Crippen molar-refractivity contribution in [1.82, 2.24) is 15.1 Å². The van der Waals surface area contributed by atoms with Gasteiger partial charge in [0.05, 0.1) is 17.8 Å². The van der Waals surface area contributed by atoms with Gasteiger partial charge in [0, 0.05) is 19.3 Å². The maximum atomic E-state index is 11.6. The van der Waals surface area contributed by atoms with Crippen LogP contribution in [0, 0.1) is 5.92 Å². The Labute approximate surface area is 104 Å². The molecule has 7 nitrogen and oxygen atoms in total. The highest BCUT2D eigenvalue weighted by molar-refractivity contribution is 5.89. The predicted molar refractivity (Wildman–Crippen MR) is 64.1 cm³/mol. The van der Waals surface area contributed by atoms with Gasteiger partial charge in [-0.1, -0.05) is 0 Å². The van der Waals surface area contributed by atoms with E-state index < -0.39 is 5.97 Å². The Morgan fingerprint density at radius 2 is 2.28 bits per heavy atom. The van der Waals surface area contributed by atoms with Crippen molar-refractivity contribution in [3.05, 3.63) is 12.4 Å². The second-order valence-electron chi connectivity index (χ2n) is 4.55. The molecule has 0 saturated heterocycles. The van der Waals surface area contributed by atoms with Crippen LogP contribution in [0.1, 0.15) is 19.3 Å². The van der Waals surface area contributed by atoms with E-state index in [1.165, 1.54) is 0 Å². The SMILES string of the molecule is Cn1cc(NC(=O)N[C@H]2CC[C@@H](C(=O)O)C2)cn1. The van der Waals surface area contributed by atoms with Crippen LogP contribution >= 0.6 is 0 Å². The van der Waals surface area contributed by atoms with Crippen molar-refractivity contribution in [3.8, 4) is 0 Å². The molecule has 1 aliphatic carbocycles. The minimum absolute atomic E-state index is 0.0669. The summed E-state index contributed by atoms with van der Waals surface area (Å²) in [6.45, 7) is 0. The highest BCUT2D eigenvalue weighted by Gasteiger charge is 2.30. The fourth-order valence-corrected chi connectivity index (χ4v) is 2.18. The van der Waals surface area contributed by atoms with Crippen LogP contribution in [-0.2, 0) is 11.8 Å². The number of hydrogen-bond donors (Lipinski definition) is 3. The van der Waals surface area contributed by atoms with Crippen molar-refractivity contribution in [1.29, 1.82) is 0 Å². The molecule has 1 aromatic heterocycles. The average molecular weight is 252 g/mol. The normalized spacial score (nSPS) is 22.7. The lowest BCUT2D eigenvalue weighted by Gasteiger charge is -2.12. The van der Waals surface area contributed by atoms with E-state index in [2.05, 4.69) is 15.7 Å². The highest BCUT2D eigenvalue weighted by atomic mass is 16.4. The van der Waals surface area contributed by atoms with Gasteiger partial charge in [0.1, 0.15) is 0 Å². The molecule has 0 aromatic carbocycles. The van der Waals surface area contributed by atoms with Crippen LogP contribution in [0.3, 0.4) is 0 Å². The number of rotatable bonds is 3. The number of hydrogen-bond acceptors (Lipinski definition) is 3. The first kappa shape index (κ1) is 12.4. The number of nitrogens with one attached hydrogen (secondary N) is 2. The topological polar surface area (TPSA) is 96.2 Å². The molecule has 2 amide bonds. The second kappa shape index (κ2) is 5.07. The Morgan fingerprint density at radius 1 is 1.50 bits per heavy atom. The Bertz CT molecular complexity index is 457. The van der Waals surface area contributed by atoms with E-state index in [9.17, 15) is 9.59 Å². The molecule has 1 aliphatic rings. The summed E-state index contributed by atoms with van der Waals surface area (Å²) >= 11 is 0. The molecule has 1 saturated carbocycles. The summed E-state index contributed by atoms with van der Waals surface area (Å²) in [7, 11) is 1.76. The quantitative estimate of drug-likeness (QED) is 0.741. The lowest BCUT2D eigenvalue weighted by Crippen LogP contribution is -2.36. The summed E-state index contributed by atoms with van der Waals surface area (Å²) in [5.74, 6) is -1.12. The van der Waals surface area contributed by atoms with E-state index >= 15 is 0 Å². The Hall–Kier alpha value is -2.05. The van der Waals surface area contributed by atoms with E-state index in [-0.39, 0.29) is 18.0 Å². The number of aliphatic carboxylic acids is 1. The lowest BCUT2D eigenvalue weighted by atomic mass is 10.1. The van der Waals surface area contributed by atoms with E-state index in [0.717, 1.165) is 0 Å². The van der Waals surface area contributed by atoms with Crippen LogP contribution in [0.25, 0.3) is 0 Å². The Balaban J connectivity index is 1.80. The average Bonchev–Trinajstić information content (AvgIpc) is 2.88. The number of aromatic nitrogens is 2. The van der Waals surface area contributed by atoms with Crippen LogP contribution in [0.2, 0.25) is 0 Å². The number of carbonyl (C=O) groups excluding carboxylic acids is 1. The standard InChI is InChI=1S/C11H16N4O3/c1-15-6-9(5-12-15)14-11(18)13-8-3-2-7(4-8)10(16)17/h5-8H,2-4H2,1H3,(H,16,17)(H2,13,14,18)/t7-,8+/m1/s1. The molecule has 0 spiro atoms. The summed E-state index contributed by atoms with van der Waals surface area (Å²) in [4.78, 5) is 22.4. The molecular formula is C11H16N4O3. The minimum atomic E-state index is -0.785. The Kier molecular flexibility index (Phi) is 3.50. The van der Waals surface area contributed by atoms with Gasteiger partial charge in [-0.25, -0.2) is 4.79 Å². The Morgan fingerprint density at radius 3 is 2.83 bits per heavy atom. The molecule has 98 valence electrons. The van der Waals surface area contributed by atoms with Crippen LogP contribution in [0.5, 0.6) is 0 Å². The van der Waals surface area contributed by atoms with Crippen molar-refractivity contribution in [3.63, 3.8) is 0 Å². The molecule has 1 heterocycles. The molecule has 3 N–H and O–H groups in total. The van der Waals surface area contributed by atoms with Gasteiger partial charge in [-0.2, -0.15) is 5.10 Å². The molecular weight excluding hydrogens is 236 g/mol. The third-order valence-corrected chi connectivity index (χ3v) is 3.08. The molecule has 0 unspecified atom stereocenters. The van der Waals surface area contributed by atoms with E-state index in [1.54, 1.807) is 24.1 Å². The summed E-state index contributed by atoms with van der Waals surface area (Å²) in [5, 5.41) is 18.2. The molecule has 0 radical (unpaired) electrons. The number of carboxylic acid groups (broad SMARTS) is 1. The number of carbonyl (C=O) groups is 2. The number of aryl methyl sites for hydroxylation is 1. The van der Waals surface area contributed by atoms with Crippen LogP contribution < -0.4 is 10.6 Å². The zero-order valence-electron chi connectivity index (χ0n) is 10.1. The van der Waals surface area contributed by atoms with Crippen LogP contribution in [0.4, 0.5) is 10.5 Å². The zero-order valence-corrected chi connectivity index (χ0v) is 10.1. The van der Waals surface area contributed by atoms with E-state index in [1.807, 2.05) is 0 Å². The van der Waals surface area contributed by atoms with Crippen LogP contribution in [0.15, 0.2) is 12.4 Å². The van der Waals surface area contributed by atoms with Crippen LogP contribution in [-0.4, -0.2) is 32.9 Å². The molecule has 1 aromatic rings. The molecule has 0 bridgehead atoms. The summed E-state index contributed by atoms with van der Waals surface area (Å²) in [6.07, 6.45) is 5.06. The van der Waals surface area contributed by atoms with Gasteiger partial charge < -0.3 is 15.7 Å². The van der Waals surface area contributed by atoms with Gasteiger partial charge in [-0.3, -0.25) is 9.48 Å². The number of urea groups is 1. The summed E-state index contributed by atoms with van der Waals surface area (Å²) in [6, 6.07) is -0.387. The fourth-order valence-electron chi connectivity index (χ4n) is 2.18. The molecule has 1 fully saturated rings. The summed E-state index contributed by atoms with van der Waals surface area (Å²) < 4.78 is 1.59. The van der Waals surface area contributed by atoms with Gasteiger partial charge >= 0.3 is 12.0 Å². The highest BCUT2D eigenvalue weighted by Crippen LogP contribution is 2.25. The minimum Gasteiger partial charge on any atom is -0.481 e.